The molecular formula is C24H32ClN4O4Si. The average Bonchev–Trinajstić information content (AvgIpc) is 3.07. The first-order valence-electron chi connectivity index (χ1n) is 11.1. The van der Waals surface area contributed by atoms with E-state index < -0.39 is 19.8 Å². The minimum absolute atomic E-state index is 0.0889. The quantitative estimate of drug-likeness (QED) is 0.223. The van der Waals surface area contributed by atoms with Gasteiger partial charge in [0.15, 0.2) is 5.65 Å². The minimum Gasteiger partial charge on any atom is -0.480 e. The van der Waals surface area contributed by atoms with Gasteiger partial charge in [-0.2, -0.15) is 9.97 Å². The summed E-state index contributed by atoms with van der Waals surface area (Å²) in [7, 11) is 0.335. The first-order chi connectivity index (χ1) is 15.9. The molecule has 0 aliphatic rings. The third kappa shape index (κ3) is 6.94. The lowest BCUT2D eigenvalue weighted by Gasteiger charge is -2.19. The van der Waals surface area contributed by atoms with Crippen molar-refractivity contribution in [3.63, 3.8) is 0 Å². The third-order valence-corrected chi connectivity index (χ3v) is 6.70. The maximum Gasteiger partial charge on any atom is 0.412 e. The highest BCUT2D eigenvalue weighted by Crippen LogP contribution is 2.36. The number of aromatic nitrogens is 3. The predicted molar refractivity (Wildman–Crippen MR) is 137 cm³/mol. The number of anilines is 1. The Balaban J connectivity index is 1.96. The van der Waals surface area contributed by atoms with Gasteiger partial charge in [0.2, 0.25) is 11.2 Å². The van der Waals surface area contributed by atoms with Crippen LogP contribution in [0.15, 0.2) is 24.4 Å². The van der Waals surface area contributed by atoms with Gasteiger partial charge in [-0.05, 0) is 50.0 Å². The van der Waals surface area contributed by atoms with E-state index in [-0.39, 0.29) is 5.28 Å². The minimum atomic E-state index is -1.20. The van der Waals surface area contributed by atoms with Crippen LogP contribution in [0.1, 0.15) is 20.8 Å². The molecule has 3 rings (SSSR count). The largest absolute Gasteiger partial charge is 0.480 e. The zero-order chi connectivity index (χ0) is 25.1. The Morgan fingerprint density at radius 1 is 1.26 bits per heavy atom. The molecule has 1 aromatic carbocycles. The lowest BCUT2D eigenvalue weighted by molar-refractivity contribution is 0.0636. The molecule has 0 fully saturated rings. The molecule has 0 aliphatic carbocycles. The van der Waals surface area contributed by atoms with Crippen molar-refractivity contribution in [3.05, 3.63) is 35.7 Å². The molecule has 1 N–H and O–H groups in total. The number of carbonyl (C=O) groups excluding carboxylic acids is 1. The lowest BCUT2D eigenvalue weighted by Crippen LogP contribution is -2.27. The van der Waals surface area contributed by atoms with Crippen LogP contribution in [-0.2, 0) is 16.2 Å². The molecule has 34 heavy (non-hydrogen) atoms. The fourth-order valence-electron chi connectivity index (χ4n) is 3.25. The number of halogens is 1. The molecule has 2 heterocycles. The lowest BCUT2D eigenvalue weighted by atomic mass is 10.1. The summed E-state index contributed by atoms with van der Waals surface area (Å²) in [5, 5.41) is 3.52. The number of amides is 1. The van der Waals surface area contributed by atoms with Gasteiger partial charge in [0.25, 0.3) is 0 Å². The van der Waals surface area contributed by atoms with Gasteiger partial charge in [0.1, 0.15) is 12.3 Å². The highest BCUT2D eigenvalue weighted by molar-refractivity contribution is 6.76. The van der Waals surface area contributed by atoms with Crippen molar-refractivity contribution < 1.29 is 19.0 Å². The van der Waals surface area contributed by atoms with E-state index in [0.717, 1.165) is 17.2 Å². The summed E-state index contributed by atoms with van der Waals surface area (Å²) >= 11 is 6.17. The normalized spacial score (nSPS) is 12.1. The van der Waals surface area contributed by atoms with Crippen molar-refractivity contribution >= 4 is 42.5 Å². The third-order valence-electron chi connectivity index (χ3n) is 4.82. The van der Waals surface area contributed by atoms with E-state index in [1.54, 1.807) is 6.07 Å². The van der Waals surface area contributed by atoms with Crippen LogP contribution in [0.5, 0.6) is 5.88 Å². The molecule has 183 valence electrons. The Morgan fingerprint density at radius 3 is 2.65 bits per heavy atom. The number of carbonyl (C=O) groups is 1. The Labute approximate surface area is 206 Å². The summed E-state index contributed by atoms with van der Waals surface area (Å²) in [5.41, 5.74) is 2.12. The topological polar surface area (TPSA) is 87.5 Å². The van der Waals surface area contributed by atoms with Gasteiger partial charge in [-0.25, -0.2) is 4.79 Å². The van der Waals surface area contributed by atoms with E-state index in [2.05, 4.69) is 41.0 Å². The van der Waals surface area contributed by atoms with Crippen molar-refractivity contribution in [1.29, 1.82) is 0 Å². The van der Waals surface area contributed by atoms with E-state index in [9.17, 15) is 4.79 Å². The second-order valence-electron chi connectivity index (χ2n) is 10.2. The molecule has 0 saturated heterocycles. The maximum absolute atomic E-state index is 12.2. The highest BCUT2D eigenvalue weighted by atomic mass is 35.5. The fraction of sp³-hybridized carbons (Fsp3) is 0.458. The second kappa shape index (κ2) is 10.3. The first-order valence-corrected chi connectivity index (χ1v) is 15.1. The van der Waals surface area contributed by atoms with Crippen LogP contribution >= 0.6 is 11.6 Å². The Hall–Kier alpha value is -2.62. The number of nitrogens with one attached hydrogen (secondary N) is 1. The van der Waals surface area contributed by atoms with E-state index in [1.807, 2.05) is 43.7 Å². The zero-order valence-corrected chi connectivity index (χ0v) is 22.5. The average molecular weight is 504 g/mol. The molecule has 8 nitrogen and oxygen atoms in total. The summed E-state index contributed by atoms with van der Waals surface area (Å²) in [4.78, 5) is 20.9. The van der Waals surface area contributed by atoms with Crippen LogP contribution in [0, 0.1) is 6.07 Å². The summed E-state index contributed by atoms with van der Waals surface area (Å²) in [6.45, 7) is 13.4. The van der Waals surface area contributed by atoms with Crippen molar-refractivity contribution in [1.82, 2.24) is 14.5 Å². The van der Waals surface area contributed by atoms with Crippen LogP contribution in [0.4, 0.5) is 10.5 Å². The van der Waals surface area contributed by atoms with E-state index >= 15 is 0 Å². The van der Waals surface area contributed by atoms with Crippen LogP contribution < -0.4 is 10.1 Å². The van der Waals surface area contributed by atoms with Gasteiger partial charge in [0, 0.05) is 32.5 Å². The van der Waals surface area contributed by atoms with Crippen molar-refractivity contribution in [2.24, 2.45) is 0 Å². The number of rotatable bonds is 8. The molecule has 1 radical (unpaired) electrons. The number of hydrogen-bond donors (Lipinski definition) is 1. The molecule has 0 bridgehead atoms. The van der Waals surface area contributed by atoms with Crippen molar-refractivity contribution in [2.45, 2.75) is 58.8 Å². The van der Waals surface area contributed by atoms with Gasteiger partial charge >= 0.3 is 6.09 Å². The standard InChI is InChI=1S/C24H32ClN4O4Si/c1-24(2,3)33-23(30)26-17-10-8-9-16(13-17)18-14-29(15-32-11-12-34(5,6)7)20-19(18)21(31-4)28-22(25)27-20/h8-9,13-14H,11-12,15H2,1-7H3,(H,26,30). The zero-order valence-electron chi connectivity index (χ0n) is 20.8. The van der Waals surface area contributed by atoms with Gasteiger partial charge in [-0.1, -0.05) is 31.8 Å². The molecule has 1 amide bonds. The van der Waals surface area contributed by atoms with E-state index in [0.29, 0.717) is 35.9 Å². The summed E-state index contributed by atoms with van der Waals surface area (Å²) in [5.74, 6) is 0.361. The molecule has 2 aromatic heterocycles. The monoisotopic (exact) mass is 503 g/mol. The highest BCUT2D eigenvalue weighted by Gasteiger charge is 2.20. The SMILES string of the molecule is COc1nc(Cl)nc2c1c(-c1cc[c]c(NC(=O)OC(C)(C)C)c1)cn2COCC[Si](C)(C)C. The Bertz CT molecular complexity index is 1170. The number of hydrogen-bond acceptors (Lipinski definition) is 6. The fourth-order valence-corrected chi connectivity index (χ4v) is 4.17. The first kappa shape index (κ1) is 26.0. The maximum atomic E-state index is 12.2. The van der Waals surface area contributed by atoms with Gasteiger partial charge in [-0.3, -0.25) is 5.32 Å². The van der Waals surface area contributed by atoms with Crippen LogP contribution in [0.2, 0.25) is 31.0 Å². The molecule has 0 unspecified atom stereocenters. The smallest absolute Gasteiger partial charge is 0.412 e. The van der Waals surface area contributed by atoms with E-state index in [4.69, 9.17) is 25.8 Å². The van der Waals surface area contributed by atoms with Crippen LogP contribution in [0.25, 0.3) is 22.2 Å². The molecule has 3 aromatic rings. The van der Waals surface area contributed by atoms with Gasteiger partial charge in [-0.15, -0.1) is 0 Å². The number of ether oxygens (including phenoxy) is 3. The second-order valence-corrected chi connectivity index (χ2v) is 16.1. The molecule has 0 spiro atoms. The molecule has 0 saturated carbocycles. The summed E-state index contributed by atoms with van der Waals surface area (Å²) in [6, 6.07) is 9.51. The number of fused-ring (bicyclic) bond motifs is 1. The molecule has 0 atom stereocenters. The number of methoxy groups -OCH3 is 1. The van der Waals surface area contributed by atoms with Crippen molar-refractivity contribution in [2.75, 3.05) is 19.0 Å². The predicted octanol–water partition coefficient (Wildman–Crippen LogP) is 6.22. The number of nitrogens with zero attached hydrogens (tertiary/aromatic N) is 3. The van der Waals surface area contributed by atoms with Crippen LogP contribution in [0.3, 0.4) is 0 Å². The van der Waals surface area contributed by atoms with E-state index in [1.165, 1.54) is 7.11 Å². The van der Waals surface area contributed by atoms with Gasteiger partial charge < -0.3 is 18.8 Å². The Kier molecular flexibility index (Phi) is 7.90. The Morgan fingerprint density at radius 2 is 2.00 bits per heavy atom. The van der Waals surface area contributed by atoms with Crippen molar-refractivity contribution in [3.8, 4) is 17.0 Å². The summed E-state index contributed by atoms with van der Waals surface area (Å²) in [6.07, 6.45) is 1.38. The van der Waals surface area contributed by atoms with Gasteiger partial charge in [0.05, 0.1) is 18.2 Å². The summed E-state index contributed by atoms with van der Waals surface area (Å²) < 4.78 is 18.7. The molecule has 0 aliphatic heterocycles. The molecule has 10 heteroatoms. The van der Waals surface area contributed by atoms with Crippen LogP contribution in [-0.4, -0.2) is 48.0 Å². The molecular weight excluding hydrogens is 472 g/mol. The number of benzene rings is 1.